The maximum Gasteiger partial charge on any atom is 0.240 e. The molecule has 1 aliphatic heterocycles. The van der Waals surface area contributed by atoms with Crippen LogP contribution >= 0.6 is 0 Å². The van der Waals surface area contributed by atoms with Gasteiger partial charge in [-0.3, -0.25) is 0 Å². The molecule has 116 valence electrons. The summed E-state index contributed by atoms with van der Waals surface area (Å²) in [5, 5.41) is 0. The molecule has 0 aromatic heterocycles. The molecule has 1 N–H and O–H groups in total. The summed E-state index contributed by atoms with van der Waals surface area (Å²) >= 11 is 0. The molecule has 0 spiro atoms. The number of hydrogen-bond acceptors (Lipinski definition) is 5. The second-order valence-electron chi connectivity index (χ2n) is 4.69. The first-order valence-electron chi connectivity index (χ1n) is 6.61. The lowest BCUT2D eigenvalue weighted by Gasteiger charge is -2.08. The van der Waals surface area contributed by atoms with Gasteiger partial charge in [-0.25, -0.2) is 13.1 Å². The Morgan fingerprint density at radius 3 is 2.55 bits per heavy atom. The zero-order valence-electron chi connectivity index (χ0n) is 11.9. The van der Waals surface area contributed by atoms with E-state index >= 15 is 0 Å². The number of sulfonamides is 1. The summed E-state index contributed by atoms with van der Waals surface area (Å²) in [6.45, 7) is 0.362. The summed E-state index contributed by atoms with van der Waals surface area (Å²) < 4.78 is 42.5. The highest BCUT2D eigenvalue weighted by Gasteiger charge is 2.16. The lowest BCUT2D eigenvalue weighted by atomic mass is 10.2. The minimum Gasteiger partial charge on any atom is -0.497 e. The number of methoxy groups -OCH3 is 1. The van der Waals surface area contributed by atoms with E-state index in [-0.39, 0.29) is 18.2 Å². The van der Waals surface area contributed by atoms with Gasteiger partial charge < -0.3 is 14.2 Å². The third-order valence-corrected chi connectivity index (χ3v) is 4.69. The molecule has 1 heterocycles. The van der Waals surface area contributed by atoms with E-state index < -0.39 is 10.0 Å². The van der Waals surface area contributed by atoms with Gasteiger partial charge in [0.05, 0.1) is 12.0 Å². The average molecular weight is 321 g/mol. The fourth-order valence-corrected chi connectivity index (χ4v) is 3.09. The van der Waals surface area contributed by atoms with Crippen molar-refractivity contribution in [1.29, 1.82) is 0 Å². The zero-order valence-corrected chi connectivity index (χ0v) is 12.7. The molecule has 2 aromatic rings. The molecule has 1 aliphatic rings. The molecule has 0 saturated carbocycles. The predicted octanol–water partition coefficient (Wildman–Crippen LogP) is 1.90. The smallest absolute Gasteiger partial charge is 0.240 e. The summed E-state index contributed by atoms with van der Waals surface area (Å²) in [4.78, 5) is 0.189. The van der Waals surface area contributed by atoms with Crippen molar-refractivity contribution in [2.24, 2.45) is 0 Å². The highest BCUT2D eigenvalue weighted by molar-refractivity contribution is 7.89. The minimum atomic E-state index is -3.58. The number of ether oxygens (including phenoxy) is 3. The number of benzene rings is 2. The molecule has 0 aliphatic carbocycles. The average Bonchev–Trinajstić information content (AvgIpc) is 3.01. The quantitative estimate of drug-likeness (QED) is 0.910. The summed E-state index contributed by atoms with van der Waals surface area (Å²) in [5.74, 6) is 1.90. The van der Waals surface area contributed by atoms with Gasteiger partial charge in [0.15, 0.2) is 11.5 Å². The minimum absolute atomic E-state index is 0.172. The normalized spacial score (nSPS) is 13.1. The van der Waals surface area contributed by atoms with Gasteiger partial charge in [-0.2, -0.15) is 0 Å². The fraction of sp³-hybridized carbons (Fsp3) is 0.200. The topological polar surface area (TPSA) is 73.9 Å². The number of nitrogens with one attached hydrogen (secondary N) is 1. The van der Waals surface area contributed by atoms with Crippen LogP contribution in [0.4, 0.5) is 0 Å². The lowest BCUT2D eigenvalue weighted by molar-refractivity contribution is 0.174. The third-order valence-electron chi connectivity index (χ3n) is 3.27. The van der Waals surface area contributed by atoms with Crippen LogP contribution in [0.1, 0.15) is 5.56 Å². The standard InChI is InChI=1S/C15H15NO5S/c1-19-12-3-5-13(6-4-12)22(17,18)16-9-11-2-7-14-15(8-11)21-10-20-14/h2-8,16H,9-10H2,1H3. The van der Waals surface area contributed by atoms with Gasteiger partial charge in [-0.1, -0.05) is 6.07 Å². The fourth-order valence-electron chi connectivity index (χ4n) is 2.07. The Kier molecular flexibility index (Phi) is 3.91. The van der Waals surface area contributed by atoms with Crippen molar-refractivity contribution in [1.82, 2.24) is 4.72 Å². The van der Waals surface area contributed by atoms with Crippen LogP contribution in [0.3, 0.4) is 0 Å². The van der Waals surface area contributed by atoms with Crippen LogP contribution in [-0.2, 0) is 16.6 Å². The number of hydrogen-bond donors (Lipinski definition) is 1. The van der Waals surface area contributed by atoms with Gasteiger partial charge in [0.1, 0.15) is 5.75 Å². The molecule has 7 heteroatoms. The van der Waals surface area contributed by atoms with Crippen LogP contribution in [0.2, 0.25) is 0 Å². The second-order valence-corrected chi connectivity index (χ2v) is 6.45. The van der Waals surface area contributed by atoms with Gasteiger partial charge in [0.25, 0.3) is 0 Å². The Morgan fingerprint density at radius 2 is 1.82 bits per heavy atom. The molecule has 3 rings (SSSR count). The molecule has 0 radical (unpaired) electrons. The van der Waals surface area contributed by atoms with Crippen LogP contribution < -0.4 is 18.9 Å². The van der Waals surface area contributed by atoms with E-state index in [9.17, 15) is 8.42 Å². The van der Waals surface area contributed by atoms with Crippen LogP contribution in [0.15, 0.2) is 47.4 Å². The molecular weight excluding hydrogens is 306 g/mol. The van der Waals surface area contributed by atoms with Crippen molar-refractivity contribution < 1.29 is 22.6 Å². The molecule has 0 amide bonds. The first-order chi connectivity index (χ1) is 10.6. The van der Waals surface area contributed by atoms with Gasteiger partial charge in [0, 0.05) is 6.54 Å². The van der Waals surface area contributed by atoms with Crippen molar-refractivity contribution in [2.75, 3.05) is 13.9 Å². The van der Waals surface area contributed by atoms with Crippen LogP contribution in [-0.4, -0.2) is 22.3 Å². The summed E-state index contributed by atoms with van der Waals surface area (Å²) in [5.41, 5.74) is 0.793. The Hall–Kier alpha value is -2.25. The van der Waals surface area contributed by atoms with Gasteiger partial charge in [-0.05, 0) is 42.0 Å². The van der Waals surface area contributed by atoms with Gasteiger partial charge in [-0.15, -0.1) is 0 Å². The molecule has 0 saturated heterocycles. The van der Waals surface area contributed by atoms with E-state index in [1.54, 1.807) is 30.3 Å². The first kappa shape index (κ1) is 14.7. The number of rotatable bonds is 5. The Bertz CT molecular complexity index is 771. The van der Waals surface area contributed by atoms with Crippen molar-refractivity contribution in [3.05, 3.63) is 48.0 Å². The number of fused-ring (bicyclic) bond motifs is 1. The SMILES string of the molecule is COc1ccc(S(=O)(=O)NCc2ccc3c(c2)OCO3)cc1. The van der Waals surface area contributed by atoms with E-state index in [1.807, 2.05) is 0 Å². The molecule has 0 atom stereocenters. The molecule has 22 heavy (non-hydrogen) atoms. The predicted molar refractivity (Wildman–Crippen MR) is 79.6 cm³/mol. The molecular formula is C15H15NO5S. The summed E-state index contributed by atoms with van der Waals surface area (Å²) in [6, 6.07) is 11.5. The van der Waals surface area contributed by atoms with Crippen LogP contribution in [0.25, 0.3) is 0 Å². The molecule has 0 fully saturated rings. The van der Waals surface area contributed by atoms with Crippen LogP contribution in [0.5, 0.6) is 17.2 Å². The molecule has 6 nitrogen and oxygen atoms in total. The maximum atomic E-state index is 12.2. The Labute approximate surface area is 128 Å². The third kappa shape index (κ3) is 3.00. The molecule has 0 bridgehead atoms. The highest BCUT2D eigenvalue weighted by Crippen LogP contribution is 2.32. The van der Waals surface area contributed by atoms with Crippen LogP contribution in [0, 0.1) is 0 Å². The van der Waals surface area contributed by atoms with E-state index in [0.717, 1.165) is 5.56 Å². The van der Waals surface area contributed by atoms with Crippen molar-refractivity contribution in [3.63, 3.8) is 0 Å². The van der Waals surface area contributed by atoms with Crippen molar-refractivity contribution >= 4 is 10.0 Å². The van der Waals surface area contributed by atoms with E-state index in [0.29, 0.717) is 17.2 Å². The first-order valence-corrected chi connectivity index (χ1v) is 8.09. The van der Waals surface area contributed by atoms with E-state index in [1.165, 1.54) is 19.2 Å². The van der Waals surface area contributed by atoms with Crippen molar-refractivity contribution in [2.45, 2.75) is 11.4 Å². The largest absolute Gasteiger partial charge is 0.497 e. The monoisotopic (exact) mass is 321 g/mol. The van der Waals surface area contributed by atoms with Gasteiger partial charge in [0.2, 0.25) is 16.8 Å². The molecule has 2 aromatic carbocycles. The summed E-state index contributed by atoms with van der Waals surface area (Å²) in [6.07, 6.45) is 0. The van der Waals surface area contributed by atoms with Crippen molar-refractivity contribution in [3.8, 4) is 17.2 Å². The maximum absolute atomic E-state index is 12.2. The lowest BCUT2D eigenvalue weighted by Crippen LogP contribution is -2.23. The zero-order chi connectivity index (χ0) is 15.6. The summed E-state index contributed by atoms with van der Waals surface area (Å²) in [7, 11) is -2.05. The Balaban J connectivity index is 1.71. The Morgan fingerprint density at radius 1 is 1.09 bits per heavy atom. The van der Waals surface area contributed by atoms with Gasteiger partial charge >= 0.3 is 0 Å². The molecule has 0 unspecified atom stereocenters. The second kappa shape index (κ2) is 5.86. The van der Waals surface area contributed by atoms with E-state index in [4.69, 9.17) is 14.2 Å². The highest BCUT2D eigenvalue weighted by atomic mass is 32.2. The van der Waals surface area contributed by atoms with E-state index in [2.05, 4.69) is 4.72 Å².